The molecule has 1 aliphatic rings. The van der Waals surface area contributed by atoms with Gasteiger partial charge in [0.2, 0.25) is 0 Å². The van der Waals surface area contributed by atoms with Gasteiger partial charge in [0.05, 0.1) is 11.7 Å². The van der Waals surface area contributed by atoms with Crippen molar-refractivity contribution in [2.24, 2.45) is 0 Å². The molecule has 1 aliphatic heterocycles. The highest BCUT2D eigenvalue weighted by Crippen LogP contribution is 2.44. The Morgan fingerprint density at radius 3 is 2.29 bits per heavy atom. The van der Waals surface area contributed by atoms with E-state index in [2.05, 4.69) is 13.8 Å². The van der Waals surface area contributed by atoms with Crippen LogP contribution in [0.1, 0.15) is 61.2 Å². The van der Waals surface area contributed by atoms with Gasteiger partial charge in [-0.15, -0.1) is 11.3 Å². The Balaban J connectivity index is 1.83. The van der Waals surface area contributed by atoms with Gasteiger partial charge in [-0.2, -0.15) is 0 Å². The van der Waals surface area contributed by atoms with Crippen molar-refractivity contribution < 1.29 is 19.4 Å². The maximum atomic E-state index is 13.3. The van der Waals surface area contributed by atoms with E-state index in [1.807, 2.05) is 62.5 Å². The number of carbonyl (C=O) groups excluding carboxylic acids is 2. The van der Waals surface area contributed by atoms with Gasteiger partial charge < -0.3 is 9.84 Å². The van der Waals surface area contributed by atoms with Crippen molar-refractivity contribution in [3.8, 4) is 5.75 Å². The highest BCUT2D eigenvalue weighted by Gasteiger charge is 2.47. The molecule has 0 radical (unpaired) electrons. The molecule has 0 bridgehead atoms. The fraction of sp³-hybridized carbons (Fsp3) is 0.286. The van der Waals surface area contributed by atoms with Gasteiger partial charge in [0, 0.05) is 16.1 Å². The standard InChI is InChI=1S/C28H29NO4S/c1-16(2)19-8-11-21(12-9-19)29-25(23-7-6-14-34-23)24(27(31)28(29)32)26(30)20-10-13-22(18(5)15-20)33-17(3)4/h6-17,25,30H,1-5H3/b26-24-. The molecule has 4 rings (SSSR count). The summed E-state index contributed by atoms with van der Waals surface area (Å²) in [5, 5.41) is 13.2. The quantitative estimate of drug-likeness (QED) is 0.248. The van der Waals surface area contributed by atoms with Crippen LogP contribution in [0, 0.1) is 6.92 Å². The molecule has 1 fully saturated rings. The van der Waals surface area contributed by atoms with Crippen LogP contribution in [-0.4, -0.2) is 22.9 Å². The lowest BCUT2D eigenvalue weighted by atomic mass is 9.98. The number of aliphatic hydroxyl groups excluding tert-OH is 1. The van der Waals surface area contributed by atoms with E-state index in [4.69, 9.17) is 4.74 Å². The van der Waals surface area contributed by atoms with E-state index in [0.29, 0.717) is 22.9 Å². The fourth-order valence-corrected chi connectivity index (χ4v) is 5.00. The Kier molecular flexibility index (Phi) is 6.62. The zero-order valence-corrected chi connectivity index (χ0v) is 20.8. The van der Waals surface area contributed by atoms with Crippen LogP contribution in [-0.2, 0) is 9.59 Å². The first-order valence-electron chi connectivity index (χ1n) is 11.4. The summed E-state index contributed by atoms with van der Waals surface area (Å²) in [5.41, 5.74) is 3.18. The van der Waals surface area contributed by atoms with Gasteiger partial charge >= 0.3 is 0 Å². The molecule has 0 spiro atoms. The molecule has 1 aromatic heterocycles. The molecule has 2 aromatic carbocycles. The Bertz CT molecular complexity index is 1240. The number of ketones is 1. The molecule has 176 valence electrons. The summed E-state index contributed by atoms with van der Waals surface area (Å²) in [6.45, 7) is 9.99. The lowest BCUT2D eigenvalue weighted by Gasteiger charge is -2.24. The van der Waals surface area contributed by atoms with Gasteiger partial charge in [-0.1, -0.05) is 32.0 Å². The third-order valence-corrected chi connectivity index (χ3v) is 6.83. The topological polar surface area (TPSA) is 66.8 Å². The van der Waals surface area contributed by atoms with Crippen LogP contribution in [0.2, 0.25) is 0 Å². The van der Waals surface area contributed by atoms with Crippen LogP contribution >= 0.6 is 11.3 Å². The zero-order chi connectivity index (χ0) is 24.6. The molecular weight excluding hydrogens is 446 g/mol. The number of Topliss-reactive ketones (excluding diaryl/α,β-unsaturated/α-hetero) is 1. The molecule has 34 heavy (non-hydrogen) atoms. The minimum atomic E-state index is -0.697. The number of anilines is 1. The van der Waals surface area contributed by atoms with Crippen LogP contribution in [0.15, 0.2) is 65.6 Å². The lowest BCUT2D eigenvalue weighted by molar-refractivity contribution is -0.132. The second-order valence-corrected chi connectivity index (χ2v) is 10.1. The Hall–Kier alpha value is -3.38. The second-order valence-electron chi connectivity index (χ2n) is 9.08. The van der Waals surface area contributed by atoms with Gasteiger partial charge in [-0.3, -0.25) is 14.5 Å². The molecule has 1 amide bonds. The number of hydrogen-bond donors (Lipinski definition) is 1. The molecule has 6 heteroatoms. The van der Waals surface area contributed by atoms with Crippen LogP contribution in [0.5, 0.6) is 5.75 Å². The molecule has 0 saturated carbocycles. The summed E-state index contributed by atoms with van der Waals surface area (Å²) in [4.78, 5) is 28.8. The van der Waals surface area contributed by atoms with E-state index in [0.717, 1.165) is 16.0 Å². The number of carbonyl (C=O) groups is 2. The third-order valence-electron chi connectivity index (χ3n) is 5.91. The Morgan fingerprint density at radius 1 is 1.03 bits per heavy atom. The largest absolute Gasteiger partial charge is 0.507 e. The first-order valence-corrected chi connectivity index (χ1v) is 12.3. The van der Waals surface area contributed by atoms with E-state index in [1.165, 1.54) is 16.2 Å². The Morgan fingerprint density at radius 2 is 1.74 bits per heavy atom. The monoisotopic (exact) mass is 475 g/mol. The molecule has 3 aromatic rings. The summed E-state index contributed by atoms with van der Waals surface area (Å²) in [5.74, 6) is -0.453. The van der Waals surface area contributed by atoms with Crippen molar-refractivity contribution in [1.29, 1.82) is 0 Å². The number of amides is 1. The van der Waals surface area contributed by atoms with Crippen molar-refractivity contribution in [2.75, 3.05) is 4.90 Å². The number of rotatable bonds is 6. The second kappa shape index (κ2) is 9.47. The van der Waals surface area contributed by atoms with Gasteiger partial charge in [0.15, 0.2) is 0 Å². The summed E-state index contributed by atoms with van der Waals surface area (Å²) in [6.07, 6.45) is 0.0179. The summed E-state index contributed by atoms with van der Waals surface area (Å²) >= 11 is 1.45. The maximum Gasteiger partial charge on any atom is 0.300 e. The minimum Gasteiger partial charge on any atom is -0.507 e. The van der Waals surface area contributed by atoms with E-state index >= 15 is 0 Å². The third kappa shape index (κ3) is 4.38. The number of hydrogen-bond acceptors (Lipinski definition) is 5. The fourth-order valence-electron chi connectivity index (χ4n) is 4.17. The summed E-state index contributed by atoms with van der Waals surface area (Å²) < 4.78 is 5.80. The van der Waals surface area contributed by atoms with E-state index in [-0.39, 0.29) is 17.4 Å². The molecule has 2 heterocycles. The average molecular weight is 476 g/mol. The average Bonchev–Trinajstić information content (AvgIpc) is 3.41. The molecule has 1 atom stereocenters. The van der Waals surface area contributed by atoms with Gasteiger partial charge in [-0.05, 0) is 79.6 Å². The number of aliphatic hydroxyl groups is 1. The highest BCUT2D eigenvalue weighted by molar-refractivity contribution is 7.10. The van der Waals surface area contributed by atoms with E-state index < -0.39 is 17.7 Å². The van der Waals surface area contributed by atoms with Crippen molar-refractivity contribution in [2.45, 2.75) is 52.7 Å². The van der Waals surface area contributed by atoms with E-state index in [9.17, 15) is 14.7 Å². The van der Waals surface area contributed by atoms with Crippen molar-refractivity contribution in [1.82, 2.24) is 0 Å². The molecule has 1 unspecified atom stereocenters. The summed E-state index contributed by atoms with van der Waals surface area (Å²) in [6, 6.07) is 16.0. The van der Waals surface area contributed by atoms with Crippen molar-refractivity contribution in [3.05, 3.63) is 87.1 Å². The van der Waals surface area contributed by atoms with Crippen molar-refractivity contribution >= 4 is 34.5 Å². The van der Waals surface area contributed by atoms with Gasteiger partial charge in [0.1, 0.15) is 17.6 Å². The minimum absolute atomic E-state index is 0.0179. The maximum absolute atomic E-state index is 13.3. The predicted molar refractivity (Wildman–Crippen MR) is 137 cm³/mol. The Labute approximate surface area is 204 Å². The predicted octanol–water partition coefficient (Wildman–Crippen LogP) is 6.59. The molecule has 5 nitrogen and oxygen atoms in total. The van der Waals surface area contributed by atoms with Crippen molar-refractivity contribution in [3.63, 3.8) is 0 Å². The highest BCUT2D eigenvalue weighted by atomic mass is 32.1. The smallest absolute Gasteiger partial charge is 0.300 e. The first kappa shape index (κ1) is 23.8. The molecule has 1 N–H and O–H groups in total. The summed E-state index contributed by atoms with van der Waals surface area (Å²) in [7, 11) is 0. The first-order chi connectivity index (χ1) is 16.2. The van der Waals surface area contributed by atoms with Crippen LogP contribution < -0.4 is 9.64 Å². The van der Waals surface area contributed by atoms with Crippen LogP contribution in [0.4, 0.5) is 5.69 Å². The molecular formula is C28H29NO4S. The number of benzene rings is 2. The van der Waals surface area contributed by atoms with Gasteiger partial charge in [-0.25, -0.2) is 0 Å². The molecule has 0 aliphatic carbocycles. The van der Waals surface area contributed by atoms with Crippen LogP contribution in [0.3, 0.4) is 0 Å². The number of ether oxygens (including phenoxy) is 1. The van der Waals surface area contributed by atoms with Gasteiger partial charge in [0.25, 0.3) is 11.7 Å². The SMILES string of the molecule is Cc1cc(/C(O)=C2/C(=O)C(=O)N(c3ccc(C(C)C)cc3)C2c2cccs2)ccc1OC(C)C. The number of aryl methyl sites for hydroxylation is 1. The number of nitrogens with zero attached hydrogens (tertiary/aromatic N) is 1. The normalized spacial score (nSPS) is 17.7. The number of thiophene rings is 1. The lowest BCUT2D eigenvalue weighted by Crippen LogP contribution is -2.29. The molecule has 1 saturated heterocycles. The zero-order valence-electron chi connectivity index (χ0n) is 20.0. The van der Waals surface area contributed by atoms with Crippen LogP contribution in [0.25, 0.3) is 5.76 Å². The van der Waals surface area contributed by atoms with E-state index in [1.54, 1.807) is 18.2 Å².